The number of amides is 1. The molecule has 0 spiro atoms. The van der Waals surface area contributed by atoms with Crippen LogP contribution in [0.4, 0.5) is 0 Å². The molecule has 1 atom stereocenters. The lowest BCUT2D eigenvalue weighted by Gasteiger charge is -2.16. The van der Waals surface area contributed by atoms with Gasteiger partial charge in [-0.3, -0.25) is 14.1 Å². The lowest BCUT2D eigenvalue weighted by molar-refractivity contribution is -0.139. The van der Waals surface area contributed by atoms with E-state index < -0.39 is 34.8 Å². The predicted octanol–water partition coefficient (Wildman–Crippen LogP) is 2.11. The molecule has 0 aliphatic rings. The van der Waals surface area contributed by atoms with Crippen LogP contribution in [-0.2, 0) is 11.3 Å². The predicted molar refractivity (Wildman–Crippen MR) is 110 cm³/mol. The molecule has 3 N–H and O–H groups in total. The van der Waals surface area contributed by atoms with E-state index in [1.807, 2.05) is 0 Å². The lowest BCUT2D eigenvalue weighted by atomic mass is 10.1. The summed E-state index contributed by atoms with van der Waals surface area (Å²) in [4.78, 5) is 37.1. The van der Waals surface area contributed by atoms with Gasteiger partial charge in [-0.25, -0.2) is 9.48 Å². The zero-order valence-electron chi connectivity index (χ0n) is 16.3. The van der Waals surface area contributed by atoms with E-state index >= 15 is 0 Å². The second kappa shape index (κ2) is 8.50. The minimum Gasteiger partial charge on any atom is -0.505 e. The minimum absolute atomic E-state index is 0.0705. The van der Waals surface area contributed by atoms with Crippen molar-refractivity contribution < 1.29 is 24.5 Å². The molecule has 1 amide bonds. The summed E-state index contributed by atoms with van der Waals surface area (Å²) < 4.78 is 7.72. The number of fused-ring (bicyclic) bond motifs is 1. The Balaban J connectivity index is 2.13. The molecular formula is C20H20ClN3O6. The topological polar surface area (TPSA) is 122 Å². The maximum Gasteiger partial charge on any atom is 0.326 e. The average Bonchev–Trinajstić information content (AvgIpc) is 3.11. The van der Waals surface area contributed by atoms with Crippen molar-refractivity contribution in [2.45, 2.75) is 25.9 Å². The number of aromatic hydroxyl groups is 1. The smallest absolute Gasteiger partial charge is 0.326 e. The molecule has 0 bridgehead atoms. The number of carbonyl (C=O) groups is 2. The molecule has 1 aromatic carbocycles. The van der Waals surface area contributed by atoms with E-state index in [1.54, 1.807) is 31.2 Å². The fourth-order valence-corrected chi connectivity index (χ4v) is 3.27. The number of carboxylic acids is 1. The number of hydrogen-bond acceptors (Lipinski definition) is 5. The van der Waals surface area contributed by atoms with Crippen LogP contribution in [0.2, 0.25) is 5.02 Å². The van der Waals surface area contributed by atoms with Gasteiger partial charge in [0.1, 0.15) is 22.9 Å². The number of benzene rings is 1. The van der Waals surface area contributed by atoms with Crippen molar-refractivity contribution in [2.75, 3.05) is 7.11 Å². The van der Waals surface area contributed by atoms with Gasteiger partial charge in [0.05, 0.1) is 18.7 Å². The highest BCUT2D eigenvalue weighted by Gasteiger charge is 2.26. The first-order chi connectivity index (χ1) is 14.3. The third-order valence-corrected chi connectivity index (χ3v) is 4.89. The largest absolute Gasteiger partial charge is 0.505 e. The third kappa shape index (κ3) is 3.97. The molecule has 0 fully saturated rings. The molecule has 2 heterocycles. The summed E-state index contributed by atoms with van der Waals surface area (Å²) in [6, 6.07) is 7.18. The molecule has 158 valence electrons. The van der Waals surface area contributed by atoms with Crippen LogP contribution in [0.25, 0.3) is 5.52 Å². The number of ether oxygens (including phenoxy) is 1. The Morgan fingerprint density at radius 2 is 1.93 bits per heavy atom. The van der Waals surface area contributed by atoms with Crippen LogP contribution < -0.4 is 15.6 Å². The summed E-state index contributed by atoms with van der Waals surface area (Å²) in [7, 11) is 1.54. The Morgan fingerprint density at radius 1 is 1.27 bits per heavy atom. The number of halogens is 1. The highest BCUT2D eigenvalue weighted by atomic mass is 35.5. The van der Waals surface area contributed by atoms with E-state index in [1.165, 1.54) is 28.6 Å². The number of rotatable bonds is 7. The molecule has 3 rings (SSSR count). The first-order valence-electron chi connectivity index (χ1n) is 9.07. The first kappa shape index (κ1) is 21.3. The number of nitrogens with one attached hydrogen (secondary N) is 1. The van der Waals surface area contributed by atoms with Crippen molar-refractivity contribution >= 4 is 29.0 Å². The third-order valence-electron chi connectivity index (χ3n) is 4.68. The molecule has 9 nitrogen and oxygen atoms in total. The van der Waals surface area contributed by atoms with Gasteiger partial charge in [-0.05, 0) is 30.2 Å². The fourth-order valence-electron chi connectivity index (χ4n) is 3.08. The normalized spacial score (nSPS) is 12.0. The first-order valence-corrected chi connectivity index (χ1v) is 9.44. The summed E-state index contributed by atoms with van der Waals surface area (Å²) in [6.07, 6.45) is 1.55. The van der Waals surface area contributed by atoms with Crippen LogP contribution in [0.15, 0.2) is 41.3 Å². The maximum absolute atomic E-state index is 13.1. The van der Waals surface area contributed by atoms with Crippen molar-refractivity contribution in [1.29, 1.82) is 0 Å². The van der Waals surface area contributed by atoms with E-state index in [0.29, 0.717) is 5.75 Å². The number of carbonyl (C=O) groups excluding carboxylic acids is 1. The van der Waals surface area contributed by atoms with Crippen LogP contribution in [0.1, 0.15) is 29.3 Å². The molecule has 10 heteroatoms. The molecule has 0 unspecified atom stereocenters. The van der Waals surface area contributed by atoms with Crippen LogP contribution in [-0.4, -0.2) is 44.4 Å². The SMILES string of the molecule is CC[C@H](NC(=O)c1c(O)c2cc(Cl)cn2n(Cc2ccc(OC)cc2)c1=O)C(=O)O. The fraction of sp³-hybridized carbons (Fsp3) is 0.250. The highest BCUT2D eigenvalue weighted by Crippen LogP contribution is 2.26. The van der Waals surface area contributed by atoms with Crippen molar-refractivity contribution in [2.24, 2.45) is 0 Å². The van der Waals surface area contributed by atoms with E-state index in [-0.39, 0.29) is 23.5 Å². The number of nitrogens with zero attached hydrogens (tertiary/aromatic N) is 2. The van der Waals surface area contributed by atoms with E-state index in [0.717, 1.165) is 5.56 Å². The zero-order chi connectivity index (χ0) is 22.0. The van der Waals surface area contributed by atoms with Gasteiger partial charge in [0, 0.05) is 6.20 Å². The molecule has 0 saturated carbocycles. The number of methoxy groups -OCH3 is 1. The average molecular weight is 434 g/mol. The van der Waals surface area contributed by atoms with Gasteiger partial charge in [0.2, 0.25) is 0 Å². The Bertz CT molecular complexity index is 1170. The van der Waals surface area contributed by atoms with Gasteiger partial charge in [-0.15, -0.1) is 0 Å². The molecular weight excluding hydrogens is 414 g/mol. The Hall–Kier alpha value is -3.46. The van der Waals surface area contributed by atoms with E-state index in [9.17, 15) is 24.6 Å². The second-order valence-electron chi connectivity index (χ2n) is 6.60. The summed E-state index contributed by atoms with van der Waals surface area (Å²) >= 11 is 6.06. The number of hydrogen-bond donors (Lipinski definition) is 3. The Morgan fingerprint density at radius 3 is 2.50 bits per heavy atom. The molecule has 2 aromatic heterocycles. The molecule has 0 radical (unpaired) electrons. The zero-order valence-corrected chi connectivity index (χ0v) is 17.0. The minimum atomic E-state index is -1.24. The number of aromatic nitrogens is 2. The van der Waals surface area contributed by atoms with Gasteiger partial charge in [-0.1, -0.05) is 30.7 Å². The van der Waals surface area contributed by atoms with Crippen molar-refractivity contribution in [3.05, 3.63) is 63.0 Å². The van der Waals surface area contributed by atoms with Crippen molar-refractivity contribution in [3.63, 3.8) is 0 Å². The molecule has 0 aliphatic carbocycles. The summed E-state index contributed by atoms with van der Waals surface area (Å²) in [5.41, 5.74) is -0.467. The highest BCUT2D eigenvalue weighted by molar-refractivity contribution is 6.31. The quantitative estimate of drug-likeness (QED) is 0.524. The van der Waals surface area contributed by atoms with Crippen molar-refractivity contribution in [1.82, 2.24) is 14.5 Å². The van der Waals surface area contributed by atoms with Gasteiger partial charge in [0.15, 0.2) is 5.75 Å². The lowest BCUT2D eigenvalue weighted by Crippen LogP contribution is -2.43. The monoisotopic (exact) mass is 433 g/mol. The molecule has 0 aliphatic heterocycles. The second-order valence-corrected chi connectivity index (χ2v) is 7.03. The molecule has 0 saturated heterocycles. The van der Waals surface area contributed by atoms with Gasteiger partial charge >= 0.3 is 5.97 Å². The van der Waals surface area contributed by atoms with Crippen LogP contribution in [0, 0.1) is 0 Å². The summed E-state index contributed by atoms with van der Waals surface area (Å²) in [6.45, 7) is 1.65. The van der Waals surface area contributed by atoms with Crippen LogP contribution in [0.5, 0.6) is 11.5 Å². The number of carboxylic acid groups (broad SMARTS) is 1. The van der Waals surface area contributed by atoms with Crippen molar-refractivity contribution in [3.8, 4) is 11.5 Å². The number of aliphatic carboxylic acids is 1. The van der Waals surface area contributed by atoms with Gasteiger partial charge in [-0.2, -0.15) is 0 Å². The Kier molecular flexibility index (Phi) is 6.02. The molecule has 3 aromatic rings. The molecule has 30 heavy (non-hydrogen) atoms. The van der Waals surface area contributed by atoms with Crippen LogP contribution in [0.3, 0.4) is 0 Å². The van der Waals surface area contributed by atoms with Crippen LogP contribution >= 0.6 is 11.6 Å². The Labute approximate surface area is 176 Å². The van der Waals surface area contributed by atoms with Gasteiger partial charge < -0.3 is 20.3 Å². The maximum atomic E-state index is 13.1. The summed E-state index contributed by atoms with van der Waals surface area (Å²) in [5, 5.41) is 22.3. The standard InChI is InChI=1S/C20H20ClN3O6/c1-3-14(20(28)29)22-18(26)16-17(25)15-8-12(21)10-23(15)24(19(16)27)9-11-4-6-13(30-2)7-5-11/h4-8,10,14,25H,3,9H2,1-2H3,(H,22,26)(H,28,29)/t14-/m0/s1. The van der Waals surface area contributed by atoms with Gasteiger partial charge in [0.25, 0.3) is 11.5 Å². The summed E-state index contributed by atoms with van der Waals surface area (Å²) in [5.74, 6) is -2.15. The van der Waals surface area contributed by atoms with E-state index in [2.05, 4.69) is 5.32 Å². The van der Waals surface area contributed by atoms with E-state index in [4.69, 9.17) is 16.3 Å².